The minimum atomic E-state index is -0.534. The first-order valence-electron chi connectivity index (χ1n) is 9.47. The summed E-state index contributed by atoms with van der Waals surface area (Å²) in [6, 6.07) is 15.8. The molecule has 0 spiro atoms. The lowest BCUT2D eigenvalue weighted by Gasteiger charge is -2.22. The monoisotopic (exact) mass is 409 g/mol. The maximum absolute atomic E-state index is 12.1. The normalized spacial score (nSPS) is 15.0. The first-order valence-corrected chi connectivity index (χ1v) is 9.47. The second-order valence-corrected chi connectivity index (χ2v) is 6.72. The van der Waals surface area contributed by atoms with Gasteiger partial charge in [0.05, 0.1) is 12.2 Å². The molecular formula is C21H19N3O6. The lowest BCUT2D eigenvalue weighted by molar-refractivity contribution is -0.389. The molecule has 2 heterocycles. The van der Waals surface area contributed by atoms with Gasteiger partial charge in [0.1, 0.15) is 23.8 Å². The van der Waals surface area contributed by atoms with E-state index >= 15 is 0 Å². The Balaban J connectivity index is 1.24. The number of nitrogens with zero attached hydrogens (tertiary/aromatic N) is 3. The van der Waals surface area contributed by atoms with Crippen LogP contribution in [0.4, 0.5) is 5.82 Å². The third-order valence-corrected chi connectivity index (χ3v) is 4.63. The fourth-order valence-electron chi connectivity index (χ4n) is 3.07. The van der Waals surface area contributed by atoms with Crippen molar-refractivity contribution in [2.45, 2.75) is 25.5 Å². The Morgan fingerprint density at radius 3 is 2.63 bits per heavy atom. The molecule has 0 unspecified atom stereocenters. The minimum absolute atomic E-state index is 0.120. The summed E-state index contributed by atoms with van der Waals surface area (Å²) in [6.45, 7) is 1.03. The molecule has 4 rings (SSSR count). The van der Waals surface area contributed by atoms with Crippen LogP contribution in [-0.2, 0) is 6.54 Å². The van der Waals surface area contributed by atoms with E-state index in [1.807, 2.05) is 6.07 Å². The van der Waals surface area contributed by atoms with Crippen LogP contribution in [0.25, 0.3) is 0 Å². The molecule has 1 aliphatic heterocycles. The van der Waals surface area contributed by atoms with Crippen LogP contribution in [0, 0.1) is 10.1 Å². The minimum Gasteiger partial charge on any atom is -0.493 e. The van der Waals surface area contributed by atoms with Gasteiger partial charge >= 0.3 is 17.8 Å². The van der Waals surface area contributed by atoms with Gasteiger partial charge in [-0.15, -0.1) is 0 Å². The smallest absolute Gasteiger partial charge is 0.414 e. The Labute approximate surface area is 172 Å². The third kappa shape index (κ3) is 4.57. The lowest BCUT2D eigenvalue weighted by Crippen LogP contribution is -2.27. The summed E-state index contributed by atoms with van der Waals surface area (Å²) in [6.07, 6.45) is 2.60. The zero-order valence-corrected chi connectivity index (χ0v) is 16.0. The Bertz CT molecular complexity index is 1030. The van der Waals surface area contributed by atoms with Crippen molar-refractivity contribution < 1.29 is 23.9 Å². The van der Waals surface area contributed by atoms with Crippen molar-refractivity contribution in [3.8, 4) is 17.5 Å². The summed E-state index contributed by atoms with van der Waals surface area (Å²) in [5.41, 5.74) is 0.483. The van der Waals surface area contributed by atoms with E-state index in [0.29, 0.717) is 36.6 Å². The maximum Gasteiger partial charge on any atom is 0.414 e. The average Bonchev–Trinajstić information content (AvgIpc) is 3.19. The van der Waals surface area contributed by atoms with Crippen LogP contribution < -0.4 is 14.2 Å². The molecule has 9 heteroatoms. The first-order chi connectivity index (χ1) is 14.6. The zero-order valence-electron chi connectivity index (χ0n) is 16.0. The molecule has 1 atom stereocenters. The summed E-state index contributed by atoms with van der Waals surface area (Å²) in [5, 5.41) is 10.8. The number of aromatic nitrogens is 2. The van der Waals surface area contributed by atoms with Crippen molar-refractivity contribution in [1.82, 2.24) is 9.55 Å². The van der Waals surface area contributed by atoms with Gasteiger partial charge in [0.2, 0.25) is 0 Å². The van der Waals surface area contributed by atoms with Gasteiger partial charge in [-0.05, 0) is 41.3 Å². The van der Waals surface area contributed by atoms with Crippen molar-refractivity contribution in [2.24, 2.45) is 0 Å². The summed E-state index contributed by atoms with van der Waals surface area (Å²) in [4.78, 5) is 26.2. The van der Waals surface area contributed by atoms with E-state index in [2.05, 4.69) is 4.98 Å². The van der Waals surface area contributed by atoms with Crippen molar-refractivity contribution in [3.05, 3.63) is 76.5 Å². The number of carbonyl (C=O) groups excluding carboxylic acids is 1. The Kier molecular flexibility index (Phi) is 5.60. The van der Waals surface area contributed by atoms with Gasteiger partial charge in [0.15, 0.2) is 0 Å². The molecule has 0 saturated carbocycles. The molecule has 30 heavy (non-hydrogen) atoms. The van der Waals surface area contributed by atoms with Crippen LogP contribution >= 0.6 is 0 Å². The topological polar surface area (TPSA) is 106 Å². The highest BCUT2D eigenvalue weighted by Gasteiger charge is 2.28. The number of esters is 1. The van der Waals surface area contributed by atoms with Crippen LogP contribution in [0.5, 0.6) is 17.5 Å². The van der Waals surface area contributed by atoms with E-state index in [-0.39, 0.29) is 17.9 Å². The van der Waals surface area contributed by atoms with Crippen LogP contribution in [0.15, 0.2) is 60.8 Å². The van der Waals surface area contributed by atoms with Crippen molar-refractivity contribution >= 4 is 11.8 Å². The van der Waals surface area contributed by atoms with Crippen LogP contribution in [0.2, 0.25) is 0 Å². The number of imidazole rings is 1. The van der Waals surface area contributed by atoms with Gasteiger partial charge in [0, 0.05) is 24.4 Å². The predicted molar refractivity (Wildman–Crippen MR) is 106 cm³/mol. The fourth-order valence-corrected chi connectivity index (χ4v) is 3.07. The van der Waals surface area contributed by atoms with E-state index in [9.17, 15) is 14.9 Å². The van der Waals surface area contributed by atoms with E-state index < -0.39 is 10.9 Å². The maximum atomic E-state index is 12.1. The molecule has 0 N–H and O–H groups in total. The summed E-state index contributed by atoms with van der Waals surface area (Å²) in [7, 11) is 0. The highest BCUT2D eigenvalue weighted by molar-refractivity contribution is 5.90. The number of aryl methyl sites for hydroxylation is 1. The molecule has 0 aliphatic carbocycles. The molecule has 9 nitrogen and oxygen atoms in total. The molecule has 1 aliphatic rings. The third-order valence-electron chi connectivity index (χ3n) is 4.63. The van der Waals surface area contributed by atoms with E-state index in [1.165, 1.54) is 6.20 Å². The predicted octanol–water partition coefficient (Wildman–Crippen LogP) is 3.63. The highest BCUT2D eigenvalue weighted by Crippen LogP contribution is 2.25. The average molecular weight is 409 g/mol. The van der Waals surface area contributed by atoms with E-state index in [0.717, 1.165) is 6.42 Å². The molecule has 0 amide bonds. The Morgan fingerprint density at radius 1 is 1.17 bits per heavy atom. The number of carbonyl (C=O) groups is 1. The number of hydrogen-bond donors (Lipinski definition) is 0. The second kappa shape index (κ2) is 8.64. The number of benzene rings is 2. The zero-order chi connectivity index (χ0) is 20.9. The molecule has 3 aromatic rings. The number of nitro groups is 1. The number of ether oxygens (including phenoxy) is 3. The summed E-state index contributed by atoms with van der Waals surface area (Å²) < 4.78 is 18.4. The van der Waals surface area contributed by atoms with E-state index in [4.69, 9.17) is 14.2 Å². The highest BCUT2D eigenvalue weighted by atomic mass is 16.6. The van der Waals surface area contributed by atoms with Gasteiger partial charge in [-0.2, -0.15) is 0 Å². The largest absolute Gasteiger partial charge is 0.493 e. The summed E-state index contributed by atoms with van der Waals surface area (Å²) in [5.74, 6) is 0.440. The van der Waals surface area contributed by atoms with Crippen molar-refractivity contribution in [1.29, 1.82) is 0 Å². The number of hydrogen-bond acceptors (Lipinski definition) is 7. The summed E-state index contributed by atoms with van der Waals surface area (Å²) >= 11 is 0. The van der Waals surface area contributed by atoms with Crippen LogP contribution in [0.3, 0.4) is 0 Å². The van der Waals surface area contributed by atoms with Gasteiger partial charge < -0.3 is 24.3 Å². The molecule has 2 aromatic carbocycles. The van der Waals surface area contributed by atoms with Gasteiger partial charge in [-0.3, -0.25) is 4.57 Å². The fraction of sp³-hybridized carbons (Fsp3) is 0.238. The van der Waals surface area contributed by atoms with Gasteiger partial charge in [-0.1, -0.05) is 18.2 Å². The second-order valence-electron chi connectivity index (χ2n) is 6.72. The van der Waals surface area contributed by atoms with Crippen molar-refractivity contribution in [3.63, 3.8) is 0 Å². The molecule has 1 aromatic heterocycles. The van der Waals surface area contributed by atoms with Crippen LogP contribution in [-0.4, -0.2) is 33.2 Å². The lowest BCUT2D eigenvalue weighted by atomic mass is 10.2. The standard InChI is InChI=1S/C21H19N3O6/c25-20(15-4-2-1-3-5-15)29-17-8-6-16(7-9-17)28-13-11-18-10-12-23-14-19(24(26)27)22-21(23)30-18/h1-9,14,18H,10-13H2/t18-/m0/s1. The molecule has 0 bridgehead atoms. The molecule has 0 saturated heterocycles. The molecule has 154 valence electrons. The molecular weight excluding hydrogens is 390 g/mol. The van der Waals surface area contributed by atoms with Gasteiger partial charge in [0.25, 0.3) is 0 Å². The first kappa shape index (κ1) is 19.4. The van der Waals surface area contributed by atoms with Crippen LogP contribution in [0.1, 0.15) is 23.2 Å². The molecule has 0 fully saturated rings. The van der Waals surface area contributed by atoms with Gasteiger partial charge in [-0.25, -0.2) is 4.79 Å². The quantitative estimate of drug-likeness (QED) is 0.254. The molecule has 0 radical (unpaired) electrons. The van der Waals surface area contributed by atoms with Crippen molar-refractivity contribution in [2.75, 3.05) is 6.61 Å². The van der Waals surface area contributed by atoms with E-state index in [1.54, 1.807) is 53.1 Å². The SMILES string of the molecule is O=C(Oc1ccc(OCC[C@@H]2CCn3cc([N+](=O)[O-])nc3O2)cc1)c1ccccc1. The Hall–Kier alpha value is -3.88. The number of rotatable bonds is 7. The number of fused-ring (bicyclic) bond motifs is 1. The Morgan fingerprint density at radius 2 is 1.90 bits per heavy atom.